The van der Waals surface area contributed by atoms with Crippen molar-refractivity contribution in [2.45, 2.75) is 170 Å². The highest BCUT2D eigenvalue weighted by Gasteiger charge is 2.30. The van der Waals surface area contributed by atoms with Gasteiger partial charge < -0.3 is 18.9 Å². The van der Waals surface area contributed by atoms with Crippen molar-refractivity contribution in [1.82, 2.24) is 0 Å². The Morgan fingerprint density at radius 3 is 0.594 bits per heavy atom. The largest absolute Gasteiger partial charge is 0.491 e. The Hall–Kier alpha value is -1.12. The molecule has 0 N–H and O–H groups in total. The van der Waals surface area contributed by atoms with Gasteiger partial charge in [0.2, 0.25) is 0 Å². The molecule has 0 amide bonds. The molecule has 64 heavy (non-hydrogen) atoms. The molecule has 5 rings (SSSR count). The summed E-state index contributed by atoms with van der Waals surface area (Å²) in [5.41, 5.74) is 4.33. The van der Waals surface area contributed by atoms with Crippen molar-refractivity contribution in [2.75, 3.05) is 49.4 Å². The van der Waals surface area contributed by atoms with Crippen LogP contribution in [0.25, 0.3) is 0 Å². The molecule has 352 valence electrons. The Labute approximate surface area is 425 Å². The number of rotatable bonds is 16. The standard InChI is InChI=1S/C52H72O4S8/c1-49(2,3)33-25-37-45(53-17-13-21-57)38(26-33)62-40-28-35(51(7,8)9)30-42(47(40)55-19-15-23-59)64-44-32-36(52(10,11)12)31-43(48(44)56-20-16-24-60)63-41-29-34(50(4,5)6)27-39(61-37)46(41)54-18-14-22-58/h25-32,57-60H,13-24H2,1-12H3. The molecule has 0 atom stereocenters. The van der Waals surface area contributed by atoms with Crippen LogP contribution in [-0.4, -0.2) is 49.4 Å². The molecule has 0 spiro atoms. The molecular weight excluding hydrogens is 945 g/mol. The molecule has 0 aromatic heterocycles. The lowest BCUT2D eigenvalue weighted by Gasteiger charge is -2.28. The lowest BCUT2D eigenvalue weighted by Crippen LogP contribution is -2.14. The summed E-state index contributed by atoms with van der Waals surface area (Å²) in [7, 11) is 0. The number of hydrogen-bond donors (Lipinski definition) is 4. The Balaban J connectivity index is 2.01. The molecule has 4 nitrogen and oxygen atoms in total. The van der Waals surface area contributed by atoms with Gasteiger partial charge in [-0.25, -0.2) is 0 Å². The SMILES string of the molecule is CC(C)(C)c1cc2c(OCCCS)c(c1)Sc1cc(C(C)(C)C)cc(c1OCCCS)Sc1cc(C(C)(C)C)cc(c1OCCCS)Sc1cc(C(C)(C)C)cc(c1OCCCS)S2. The number of thiol groups is 4. The fourth-order valence-electron chi connectivity index (χ4n) is 6.64. The van der Waals surface area contributed by atoms with E-state index in [2.05, 4.69) is 182 Å². The van der Waals surface area contributed by atoms with Crippen LogP contribution in [0.5, 0.6) is 23.0 Å². The molecule has 4 aromatic rings. The highest BCUT2D eigenvalue weighted by atomic mass is 32.2. The predicted octanol–water partition coefficient (Wildman–Crippen LogP) is 16.6. The Kier molecular flexibility index (Phi) is 19.7. The first-order valence-electron chi connectivity index (χ1n) is 22.5. The van der Waals surface area contributed by atoms with Gasteiger partial charge in [-0.3, -0.25) is 0 Å². The molecule has 0 saturated heterocycles. The molecule has 0 saturated carbocycles. The summed E-state index contributed by atoms with van der Waals surface area (Å²) in [6, 6.07) is 18.7. The molecular formula is C52H72O4S8. The van der Waals surface area contributed by atoms with Crippen LogP contribution in [0, 0.1) is 0 Å². The van der Waals surface area contributed by atoms with E-state index in [1.165, 1.54) is 22.3 Å². The zero-order valence-electron chi connectivity index (χ0n) is 40.2. The Morgan fingerprint density at radius 2 is 0.469 bits per heavy atom. The third-order valence-electron chi connectivity index (χ3n) is 10.6. The van der Waals surface area contributed by atoms with Gasteiger partial charge in [0, 0.05) is 0 Å². The molecule has 1 aliphatic heterocycles. The van der Waals surface area contributed by atoms with Gasteiger partial charge in [-0.15, -0.1) is 0 Å². The summed E-state index contributed by atoms with van der Waals surface area (Å²) in [5, 5.41) is 0. The Bertz CT molecular complexity index is 1790. The predicted molar refractivity (Wildman–Crippen MR) is 293 cm³/mol. The van der Waals surface area contributed by atoms with Crippen LogP contribution in [0.3, 0.4) is 0 Å². The average Bonchev–Trinajstić information content (AvgIpc) is 3.19. The van der Waals surface area contributed by atoms with Crippen molar-refractivity contribution in [3.05, 3.63) is 70.8 Å². The first kappa shape index (κ1) is 53.8. The fraction of sp³-hybridized carbons (Fsp3) is 0.538. The lowest BCUT2D eigenvalue weighted by molar-refractivity contribution is 0.300. The maximum Gasteiger partial charge on any atom is 0.147 e. The Morgan fingerprint density at radius 1 is 0.312 bits per heavy atom. The summed E-state index contributed by atoms with van der Waals surface area (Å²) in [6.45, 7) is 29.6. The number of hydrogen-bond acceptors (Lipinski definition) is 12. The maximum atomic E-state index is 6.95. The van der Waals surface area contributed by atoms with Crippen molar-refractivity contribution < 1.29 is 18.9 Å². The van der Waals surface area contributed by atoms with Gasteiger partial charge in [-0.05, 0) is 141 Å². The second-order valence-corrected chi connectivity index (χ2v) is 26.4. The zero-order chi connectivity index (χ0) is 47.0. The van der Waals surface area contributed by atoms with Crippen LogP contribution in [0.4, 0.5) is 0 Å². The van der Waals surface area contributed by atoms with E-state index in [0.717, 1.165) is 111 Å². The zero-order valence-corrected chi connectivity index (χ0v) is 47.0. The van der Waals surface area contributed by atoms with E-state index in [1.54, 1.807) is 47.0 Å². The van der Waals surface area contributed by atoms with Crippen LogP contribution >= 0.6 is 97.6 Å². The number of ether oxygens (including phenoxy) is 4. The minimum absolute atomic E-state index is 0.147. The van der Waals surface area contributed by atoms with Gasteiger partial charge in [-0.2, -0.15) is 50.5 Å². The van der Waals surface area contributed by atoms with E-state index in [0.29, 0.717) is 26.4 Å². The molecule has 1 heterocycles. The first-order chi connectivity index (χ1) is 30.1. The van der Waals surface area contributed by atoms with E-state index in [9.17, 15) is 0 Å². The van der Waals surface area contributed by atoms with Crippen LogP contribution in [0.15, 0.2) is 87.7 Å². The van der Waals surface area contributed by atoms with Gasteiger partial charge in [-0.1, -0.05) is 130 Å². The van der Waals surface area contributed by atoms with Crippen LogP contribution in [0.1, 0.15) is 131 Å². The number of benzene rings is 4. The maximum absolute atomic E-state index is 6.95. The summed E-state index contributed by atoms with van der Waals surface area (Å²) < 4.78 is 27.8. The molecule has 0 fully saturated rings. The fourth-order valence-corrected chi connectivity index (χ4v) is 11.9. The van der Waals surface area contributed by atoms with Crippen molar-refractivity contribution in [2.24, 2.45) is 0 Å². The molecule has 1 aliphatic rings. The molecule has 4 aromatic carbocycles. The lowest BCUT2D eigenvalue weighted by atomic mass is 9.87. The summed E-state index contributed by atoms with van der Waals surface area (Å²) >= 11 is 25.3. The van der Waals surface area contributed by atoms with Crippen LogP contribution in [-0.2, 0) is 21.7 Å². The van der Waals surface area contributed by atoms with Gasteiger partial charge in [0.15, 0.2) is 0 Å². The van der Waals surface area contributed by atoms with E-state index in [4.69, 9.17) is 18.9 Å². The van der Waals surface area contributed by atoms with Gasteiger partial charge in [0.25, 0.3) is 0 Å². The summed E-state index contributed by atoms with van der Waals surface area (Å²) in [6.07, 6.45) is 3.28. The highest BCUT2D eigenvalue weighted by Crippen LogP contribution is 2.56. The van der Waals surface area contributed by atoms with Crippen molar-refractivity contribution in [1.29, 1.82) is 0 Å². The normalized spacial score (nSPS) is 13.5. The number of fused-ring (bicyclic) bond motifs is 8. The highest BCUT2D eigenvalue weighted by molar-refractivity contribution is 8.01. The molecule has 8 bridgehead atoms. The third kappa shape index (κ3) is 14.5. The third-order valence-corrected chi connectivity index (χ3v) is 16.1. The van der Waals surface area contributed by atoms with Gasteiger partial charge >= 0.3 is 0 Å². The quantitative estimate of drug-likeness (QED) is 0.0576. The minimum Gasteiger partial charge on any atom is -0.491 e. The second kappa shape index (κ2) is 23.5. The van der Waals surface area contributed by atoms with E-state index in [-0.39, 0.29) is 21.7 Å². The monoisotopic (exact) mass is 1020 g/mol. The van der Waals surface area contributed by atoms with Gasteiger partial charge in [0.1, 0.15) is 23.0 Å². The van der Waals surface area contributed by atoms with Crippen LogP contribution < -0.4 is 18.9 Å². The topological polar surface area (TPSA) is 36.9 Å². The summed E-state index contributed by atoms with van der Waals surface area (Å²) in [4.78, 5) is 8.40. The second-order valence-electron chi connectivity index (χ2n) is 20.3. The molecule has 0 radical (unpaired) electrons. The van der Waals surface area contributed by atoms with Crippen molar-refractivity contribution >= 4 is 97.6 Å². The summed E-state index contributed by atoms with van der Waals surface area (Å²) in [5.74, 6) is 6.40. The van der Waals surface area contributed by atoms with Crippen LogP contribution in [0.2, 0.25) is 0 Å². The van der Waals surface area contributed by atoms with E-state index in [1.807, 2.05) is 0 Å². The van der Waals surface area contributed by atoms with Crippen molar-refractivity contribution in [3.63, 3.8) is 0 Å². The van der Waals surface area contributed by atoms with E-state index >= 15 is 0 Å². The van der Waals surface area contributed by atoms with Crippen molar-refractivity contribution in [3.8, 4) is 23.0 Å². The average molecular weight is 1020 g/mol. The molecule has 12 heteroatoms. The minimum atomic E-state index is -0.147. The molecule has 0 unspecified atom stereocenters. The van der Waals surface area contributed by atoms with Gasteiger partial charge in [0.05, 0.1) is 65.6 Å². The first-order valence-corrected chi connectivity index (χ1v) is 28.3. The smallest absolute Gasteiger partial charge is 0.147 e. The van der Waals surface area contributed by atoms with E-state index < -0.39 is 0 Å². The molecule has 0 aliphatic carbocycles.